The van der Waals surface area contributed by atoms with E-state index in [4.69, 9.17) is 11.6 Å². The topological polar surface area (TPSA) is 32.3 Å². The lowest BCUT2D eigenvalue weighted by molar-refractivity contribution is 0.0602. The minimum absolute atomic E-state index is 0.0974. The fraction of sp³-hybridized carbons (Fsp3) is 0.533. The summed E-state index contributed by atoms with van der Waals surface area (Å²) in [5.74, 6) is 0.0974. The fourth-order valence-corrected chi connectivity index (χ4v) is 3.10. The van der Waals surface area contributed by atoms with Gasteiger partial charge in [0.2, 0.25) is 0 Å². The van der Waals surface area contributed by atoms with Gasteiger partial charge < -0.3 is 10.2 Å². The van der Waals surface area contributed by atoms with Crippen LogP contribution in [0.25, 0.3) is 0 Å². The molecule has 0 aliphatic carbocycles. The summed E-state index contributed by atoms with van der Waals surface area (Å²) < 4.78 is 0.820. The second kappa shape index (κ2) is 7.43. The molecule has 110 valence electrons. The summed E-state index contributed by atoms with van der Waals surface area (Å²) in [5, 5.41) is 3.75. The lowest BCUT2D eigenvalue weighted by Crippen LogP contribution is -2.44. The summed E-state index contributed by atoms with van der Waals surface area (Å²) in [6.45, 7) is 1.79. The summed E-state index contributed by atoms with van der Waals surface area (Å²) in [4.78, 5) is 14.7. The van der Waals surface area contributed by atoms with Gasteiger partial charge in [-0.3, -0.25) is 4.79 Å². The average Bonchev–Trinajstić information content (AvgIpc) is 2.47. The van der Waals surface area contributed by atoms with E-state index in [2.05, 4.69) is 21.2 Å². The summed E-state index contributed by atoms with van der Waals surface area (Å²) >= 11 is 9.44. The summed E-state index contributed by atoms with van der Waals surface area (Å²) in [6, 6.07) is 5.76. The van der Waals surface area contributed by atoms with Gasteiger partial charge in [0.15, 0.2) is 0 Å². The number of halogens is 2. The van der Waals surface area contributed by atoms with Crippen molar-refractivity contribution in [2.24, 2.45) is 0 Å². The SMILES string of the molecule is CNCCC1CCCCN1C(=O)c1ccc(Br)c(Cl)c1. The van der Waals surface area contributed by atoms with Gasteiger partial charge in [-0.2, -0.15) is 0 Å². The Bertz CT molecular complexity index is 481. The van der Waals surface area contributed by atoms with E-state index in [0.29, 0.717) is 16.6 Å². The van der Waals surface area contributed by atoms with Crippen LogP contribution in [0.1, 0.15) is 36.0 Å². The Morgan fingerprint density at radius 3 is 3.00 bits per heavy atom. The van der Waals surface area contributed by atoms with Crippen LogP contribution < -0.4 is 5.32 Å². The molecular weight excluding hydrogens is 340 g/mol. The standard InChI is InChI=1S/C15H20BrClN2O/c1-18-8-7-12-4-2-3-9-19(12)15(20)11-5-6-13(16)14(17)10-11/h5-6,10,12,18H,2-4,7-9H2,1H3. The zero-order valence-electron chi connectivity index (χ0n) is 11.7. The largest absolute Gasteiger partial charge is 0.336 e. The maximum atomic E-state index is 12.7. The first-order chi connectivity index (χ1) is 9.63. The first-order valence-corrected chi connectivity index (χ1v) is 8.21. The second-order valence-electron chi connectivity index (χ2n) is 5.17. The van der Waals surface area contributed by atoms with Crippen LogP contribution in [0, 0.1) is 0 Å². The zero-order valence-corrected chi connectivity index (χ0v) is 14.0. The van der Waals surface area contributed by atoms with E-state index in [9.17, 15) is 4.79 Å². The van der Waals surface area contributed by atoms with Crippen LogP contribution in [0.5, 0.6) is 0 Å². The van der Waals surface area contributed by atoms with Gasteiger partial charge in [-0.1, -0.05) is 11.6 Å². The molecule has 1 unspecified atom stereocenters. The van der Waals surface area contributed by atoms with Gasteiger partial charge in [-0.15, -0.1) is 0 Å². The maximum Gasteiger partial charge on any atom is 0.254 e. The number of benzene rings is 1. The number of likely N-dealkylation sites (tertiary alicyclic amines) is 1. The summed E-state index contributed by atoms with van der Waals surface area (Å²) in [7, 11) is 1.95. The average molecular weight is 360 g/mol. The molecule has 1 aromatic carbocycles. The van der Waals surface area contributed by atoms with E-state index in [0.717, 1.165) is 36.8 Å². The number of nitrogens with one attached hydrogen (secondary N) is 1. The lowest BCUT2D eigenvalue weighted by Gasteiger charge is -2.36. The minimum Gasteiger partial charge on any atom is -0.336 e. The molecule has 1 saturated heterocycles. The van der Waals surface area contributed by atoms with E-state index in [-0.39, 0.29) is 5.91 Å². The lowest BCUT2D eigenvalue weighted by atomic mass is 9.98. The number of carbonyl (C=O) groups is 1. The molecule has 1 fully saturated rings. The van der Waals surface area contributed by atoms with Crippen molar-refractivity contribution in [2.75, 3.05) is 20.1 Å². The predicted octanol–water partition coefficient (Wildman–Crippen LogP) is 3.71. The first-order valence-electron chi connectivity index (χ1n) is 7.04. The highest BCUT2D eigenvalue weighted by Crippen LogP contribution is 2.26. The Morgan fingerprint density at radius 1 is 1.50 bits per heavy atom. The molecule has 1 amide bonds. The van der Waals surface area contributed by atoms with Crippen molar-refractivity contribution in [3.05, 3.63) is 33.3 Å². The van der Waals surface area contributed by atoms with Gasteiger partial charge in [0.25, 0.3) is 5.91 Å². The van der Waals surface area contributed by atoms with Crippen molar-refractivity contribution in [3.8, 4) is 0 Å². The van der Waals surface area contributed by atoms with Gasteiger partial charge >= 0.3 is 0 Å². The third kappa shape index (κ3) is 3.74. The Morgan fingerprint density at radius 2 is 2.30 bits per heavy atom. The van der Waals surface area contributed by atoms with Crippen molar-refractivity contribution >= 4 is 33.4 Å². The van der Waals surface area contributed by atoms with E-state index >= 15 is 0 Å². The van der Waals surface area contributed by atoms with E-state index < -0.39 is 0 Å². The number of piperidine rings is 1. The van der Waals surface area contributed by atoms with E-state index in [1.807, 2.05) is 24.1 Å². The van der Waals surface area contributed by atoms with Crippen LogP contribution in [-0.4, -0.2) is 37.0 Å². The fourth-order valence-electron chi connectivity index (χ4n) is 2.67. The first kappa shape index (κ1) is 15.8. The van der Waals surface area contributed by atoms with E-state index in [1.165, 1.54) is 6.42 Å². The monoisotopic (exact) mass is 358 g/mol. The second-order valence-corrected chi connectivity index (χ2v) is 6.43. The molecule has 3 nitrogen and oxygen atoms in total. The summed E-state index contributed by atoms with van der Waals surface area (Å²) in [5.41, 5.74) is 0.676. The number of hydrogen-bond donors (Lipinski definition) is 1. The van der Waals surface area contributed by atoms with Crippen LogP contribution in [-0.2, 0) is 0 Å². The number of rotatable bonds is 4. The molecule has 0 saturated carbocycles. The molecule has 1 aromatic rings. The van der Waals surface area contributed by atoms with Gasteiger partial charge in [0.05, 0.1) is 5.02 Å². The highest BCUT2D eigenvalue weighted by atomic mass is 79.9. The molecular formula is C15H20BrClN2O. The van der Waals surface area contributed by atoms with Crippen LogP contribution in [0.4, 0.5) is 0 Å². The molecule has 0 bridgehead atoms. The Labute approximate surface area is 133 Å². The third-order valence-corrected chi connectivity index (χ3v) is 5.01. The molecule has 1 N–H and O–H groups in total. The molecule has 1 heterocycles. The molecule has 1 atom stereocenters. The number of hydrogen-bond acceptors (Lipinski definition) is 2. The minimum atomic E-state index is 0.0974. The molecule has 2 rings (SSSR count). The third-order valence-electron chi connectivity index (χ3n) is 3.78. The molecule has 1 aliphatic heterocycles. The van der Waals surface area contributed by atoms with Gasteiger partial charge in [0, 0.05) is 22.6 Å². The smallest absolute Gasteiger partial charge is 0.254 e. The normalized spacial score (nSPS) is 19.1. The van der Waals surface area contributed by atoms with Crippen LogP contribution in [0.15, 0.2) is 22.7 Å². The molecule has 1 aliphatic rings. The highest BCUT2D eigenvalue weighted by molar-refractivity contribution is 9.10. The highest BCUT2D eigenvalue weighted by Gasteiger charge is 2.27. The van der Waals surface area contributed by atoms with Crippen molar-refractivity contribution in [2.45, 2.75) is 31.7 Å². The van der Waals surface area contributed by atoms with Crippen LogP contribution >= 0.6 is 27.5 Å². The molecule has 0 aromatic heterocycles. The van der Waals surface area contributed by atoms with E-state index in [1.54, 1.807) is 6.07 Å². The number of amides is 1. The van der Waals surface area contributed by atoms with Crippen molar-refractivity contribution in [1.82, 2.24) is 10.2 Å². The molecule has 20 heavy (non-hydrogen) atoms. The molecule has 0 spiro atoms. The predicted molar refractivity (Wildman–Crippen MR) is 86.4 cm³/mol. The van der Waals surface area contributed by atoms with Gasteiger partial charge in [-0.05, 0) is 73.4 Å². The van der Waals surface area contributed by atoms with Gasteiger partial charge in [0.1, 0.15) is 0 Å². The van der Waals surface area contributed by atoms with Crippen molar-refractivity contribution in [3.63, 3.8) is 0 Å². The Balaban J connectivity index is 2.14. The Hall–Kier alpha value is -0.580. The van der Waals surface area contributed by atoms with Crippen molar-refractivity contribution < 1.29 is 4.79 Å². The maximum absolute atomic E-state index is 12.7. The van der Waals surface area contributed by atoms with Crippen LogP contribution in [0.3, 0.4) is 0 Å². The number of nitrogens with zero attached hydrogens (tertiary/aromatic N) is 1. The quantitative estimate of drug-likeness (QED) is 0.889. The van der Waals surface area contributed by atoms with Crippen molar-refractivity contribution in [1.29, 1.82) is 0 Å². The number of carbonyl (C=O) groups excluding carboxylic acids is 1. The molecule has 0 radical (unpaired) electrons. The summed E-state index contributed by atoms with van der Waals surface area (Å²) in [6.07, 6.45) is 4.40. The van der Waals surface area contributed by atoms with Gasteiger partial charge in [-0.25, -0.2) is 0 Å². The van der Waals surface area contributed by atoms with Crippen LogP contribution in [0.2, 0.25) is 5.02 Å². The molecule has 5 heteroatoms. The zero-order chi connectivity index (χ0) is 14.5. The Kier molecular flexibility index (Phi) is 5.87.